The van der Waals surface area contributed by atoms with Crippen LogP contribution < -0.4 is 5.32 Å². The molecule has 1 aromatic carbocycles. The van der Waals surface area contributed by atoms with Gasteiger partial charge in [-0.15, -0.1) is 0 Å². The lowest BCUT2D eigenvalue weighted by atomic mass is 10.0. The van der Waals surface area contributed by atoms with E-state index in [9.17, 15) is 4.79 Å². The number of carbonyl (C=O) groups is 1. The first-order valence-corrected chi connectivity index (χ1v) is 7.98. The highest BCUT2D eigenvalue weighted by atomic mass is 16.2. The lowest BCUT2D eigenvalue weighted by Gasteiger charge is -2.28. The van der Waals surface area contributed by atoms with Crippen LogP contribution in [0.5, 0.6) is 0 Å². The molecule has 1 heterocycles. The van der Waals surface area contributed by atoms with Crippen LogP contribution in [-0.2, 0) is 4.79 Å². The fourth-order valence-electron chi connectivity index (χ4n) is 3.89. The van der Waals surface area contributed by atoms with E-state index in [-0.39, 0.29) is 12.2 Å². The van der Waals surface area contributed by atoms with Crippen LogP contribution in [0.3, 0.4) is 0 Å². The minimum atomic E-state index is -0.123. The Morgan fingerprint density at radius 2 is 1.70 bits per heavy atom. The van der Waals surface area contributed by atoms with Crippen LogP contribution in [0.2, 0.25) is 0 Å². The summed E-state index contributed by atoms with van der Waals surface area (Å²) in [5.74, 6) is 0.962. The molecular weight excluding hydrogens is 248 g/mol. The Labute approximate surface area is 120 Å². The average Bonchev–Trinajstić information content (AvgIpc) is 3.04. The quantitative estimate of drug-likeness (QED) is 0.916. The highest BCUT2D eigenvalue weighted by Gasteiger charge is 2.49. The third-order valence-electron chi connectivity index (χ3n) is 5.06. The van der Waals surface area contributed by atoms with Gasteiger partial charge < -0.3 is 4.90 Å². The number of benzene rings is 1. The monoisotopic (exact) mass is 270 g/mol. The van der Waals surface area contributed by atoms with E-state index in [0.29, 0.717) is 17.9 Å². The summed E-state index contributed by atoms with van der Waals surface area (Å²) in [6.45, 7) is 0. The number of carbonyl (C=O) groups excluding carboxylic acids is 1. The Morgan fingerprint density at radius 1 is 1.00 bits per heavy atom. The van der Waals surface area contributed by atoms with E-state index in [1.165, 1.54) is 38.5 Å². The molecule has 1 N–H and O–H groups in total. The average molecular weight is 270 g/mol. The van der Waals surface area contributed by atoms with Crippen LogP contribution in [0.4, 0.5) is 0 Å². The third kappa shape index (κ3) is 2.05. The first-order chi connectivity index (χ1) is 9.84. The molecule has 2 unspecified atom stereocenters. The van der Waals surface area contributed by atoms with E-state index in [2.05, 4.69) is 22.3 Å². The molecule has 0 bridgehead atoms. The maximum Gasteiger partial charge on any atom is 0.245 e. The third-order valence-corrected chi connectivity index (χ3v) is 5.06. The number of hydrogen-bond donors (Lipinski definition) is 1. The van der Waals surface area contributed by atoms with Crippen molar-refractivity contribution in [2.45, 2.75) is 56.8 Å². The van der Waals surface area contributed by atoms with Gasteiger partial charge in [0.25, 0.3) is 0 Å². The van der Waals surface area contributed by atoms with Gasteiger partial charge in [-0.1, -0.05) is 43.2 Å². The molecule has 2 aliphatic carbocycles. The number of rotatable bonds is 3. The van der Waals surface area contributed by atoms with Crippen molar-refractivity contribution < 1.29 is 4.79 Å². The standard InChI is InChI=1S/C17H22N2O/c20-17-15(12-6-2-1-3-7-12)18-16(13-8-4-5-9-13)19(17)14-10-11-14/h1-3,6-7,13-16,18H,4-5,8-11H2. The van der Waals surface area contributed by atoms with E-state index >= 15 is 0 Å². The lowest BCUT2D eigenvalue weighted by molar-refractivity contribution is -0.131. The zero-order valence-corrected chi connectivity index (χ0v) is 11.8. The molecule has 1 amide bonds. The van der Waals surface area contributed by atoms with Gasteiger partial charge in [0.05, 0.1) is 6.17 Å². The lowest BCUT2D eigenvalue weighted by Crippen LogP contribution is -2.43. The van der Waals surface area contributed by atoms with Crippen LogP contribution in [0, 0.1) is 5.92 Å². The van der Waals surface area contributed by atoms with Crippen molar-refractivity contribution in [2.75, 3.05) is 0 Å². The number of amides is 1. The Hall–Kier alpha value is -1.35. The van der Waals surface area contributed by atoms with Crippen molar-refractivity contribution in [1.82, 2.24) is 10.2 Å². The molecule has 3 aliphatic rings. The molecule has 2 atom stereocenters. The summed E-state index contributed by atoms with van der Waals surface area (Å²) in [5, 5.41) is 3.65. The van der Waals surface area contributed by atoms with E-state index < -0.39 is 0 Å². The van der Waals surface area contributed by atoms with Crippen molar-refractivity contribution in [1.29, 1.82) is 0 Å². The van der Waals surface area contributed by atoms with Gasteiger partial charge in [-0.3, -0.25) is 10.1 Å². The van der Waals surface area contributed by atoms with Crippen LogP contribution in [0.25, 0.3) is 0 Å². The summed E-state index contributed by atoms with van der Waals surface area (Å²) in [7, 11) is 0. The summed E-state index contributed by atoms with van der Waals surface area (Å²) >= 11 is 0. The van der Waals surface area contributed by atoms with E-state index in [1.54, 1.807) is 0 Å². The topological polar surface area (TPSA) is 32.3 Å². The Balaban J connectivity index is 1.61. The molecule has 106 valence electrons. The zero-order chi connectivity index (χ0) is 13.5. The Bertz CT molecular complexity index is 491. The fraction of sp³-hybridized carbons (Fsp3) is 0.588. The summed E-state index contributed by atoms with van der Waals surface area (Å²) < 4.78 is 0. The van der Waals surface area contributed by atoms with Crippen LogP contribution in [0.15, 0.2) is 30.3 Å². The molecule has 1 aromatic rings. The number of nitrogens with zero attached hydrogens (tertiary/aromatic N) is 1. The molecule has 1 aliphatic heterocycles. The maximum atomic E-state index is 12.8. The molecule has 0 spiro atoms. The second-order valence-electron chi connectivity index (χ2n) is 6.48. The highest BCUT2D eigenvalue weighted by Crippen LogP contribution is 2.41. The largest absolute Gasteiger partial charge is 0.322 e. The van der Waals surface area contributed by atoms with Gasteiger partial charge in [0.1, 0.15) is 6.04 Å². The predicted octanol–water partition coefficient (Wildman–Crippen LogP) is 2.84. The van der Waals surface area contributed by atoms with Gasteiger partial charge in [-0.05, 0) is 37.2 Å². The Kier molecular flexibility index (Phi) is 3.03. The predicted molar refractivity (Wildman–Crippen MR) is 77.9 cm³/mol. The molecule has 4 rings (SSSR count). The SMILES string of the molecule is O=C1C(c2ccccc2)NC(C2CCCC2)N1C1CC1. The molecule has 2 saturated carbocycles. The van der Waals surface area contributed by atoms with Gasteiger partial charge in [0.2, 0.25) is 5.91 Å². The van der Waals surface area contributed by atoms with Crippen molar-refractivity contribution in [2.24, 2.45) is 5.92 Å². The molecule has 3 nitrogen and oxygen atoms in total. The van der Waals surface area contributed by atoms with Gasteiger partial charge >= 0.3 is 0 Å². The molecule has 0 aromatic heterocycles. The van der Waals surface area contributed by atoms with E-state index in [1.807, 2.05) is 18.2 Å². The van der Waals surface area contributed by atoms with Crippen molar-refractivity contribution in [3.05, 3.63) is 35.9 Å². The molecule has 3 heteroatoms. The van der Waals surface area contributed by atoms with Gasteiger partial charge in [-0.2, -0.15) is 0 Å². The summed E-state index contributed by atoms with van der Waals surface area (Å²) in [6.07, 6.45) is 7.86. The van der Waals surface area contributed by atoms with E-state index in [4.69, 9.17) is 0 Å². The number of nitrogens with one attached hydrogen (secondary N) is 1. The Morgan fingerprint density at radius 3 is 2.35 bits per heavy atom. The van der Waals surface area contributed by atoms with E-state index in [0.717, 1.165) is 5.56 Å². The smallest absolute Gasteiger partial charge is 0.245 e. The highest BCUT2D eigenvalue weighted by molar-refractivity contribution is 5.86. The zero-order valence-electron chi connectivity index (χ0n) is 11.8. The summed E-state index contributed by atoms with van der Waals surface area (Å²) in [6, 6.07) is 10.6. The number of hydrogen-bond acceptors (Lipinski definition) is 2. The van der Waals surface area contributed by atoms with Crippen molar-refractivity contribution >= 4 is 5.91 Å². The van der Waals surface area contributed by atoms with Crippen LogP contribution in [-0.4, -0.2) is 23.0 Å². The second-order valence-corrected chi connectivity index (χ2v) is 6.48. The molecule has 0 radical (unpaired) electrons. The van der Waals surface area contributed by atoms with Crippen LogP contribution in [0.1, 0.15) is 50.1 Å². The first kappa shape index (κ1) is 12.4. The maximum absolute atomic E-state index is 12.8. The second kappa shape index (κ2) is 4.88. The summed E-state index contributed by atoms with van der Waals surface area (Å²) in [4.78, 5) is 15.0. The minimum Gasteiger partial charge on any atom is -0.322 e. The summed E-state index contributed by atoms with van der Waals surface area (Å²) in [5.41, 5.74) is 1.11. The fourth-order valence-corrected chi connectivity index (χ4v) is 3.89. The van der Waals surface area contributed by atoms with Gasteiger partial charge in [0.15, 0.2) is 0 Å². The van der Waals surface area contributed by atoms with Crippen molar-refractivity contribution in [3.8, 4) is 0 Å². The molecule has 20 heavy (non-hydrogen) atoms. The molecule has 3 fully saturated rings. The van der Waals surface area contributed by atoms with Gasteiger partial charge in [0, 0.05) is 6.04 Å². The normalized spacial score (nSPS) is 31.2. The molecule has 1 saturated heterocycles. The first-order valence-electron chi connectivity index (χ1n) is 7.98. The van der Waals surface area contributed by atoms with Crippen molar-refractivity contribution in [3.63, 3.8) is 0 Å². The molecular formula is C17H22N2O. The minimum absolute atomic E-state index is 0.123. The van der Waals surface area contributed by atoms with Gasteiger partial charge in [-0.25, -0.2) is 0 Å². The van der Waals surface area contributed by atoms with Crippen LogP contribution >= 0.6 is 0 Å².